The molecule has 0 unspecified atom stereocenters. The average Bonchev–Trinajstić information content (AvgIpc) is 2.62. The molecule has 0 aliphatic carbocycles. The van der Waals surface area contributed by atoms with E-state index in [-0.39, 0.29) is 25.3 Å². The molecule has 166 valence electrons. The van der Waals surface area contributed by atoms with Crippen molar-refractivity contribution in [3.63, 3.8) is 0 Å². The van der Waals surface area contributed by atoms with Crippen molar-refractivity contribution in [1.29, 1.82) is 0 Å². The van der Waals surface area contributed by atoms with Gasteiger partial charge in [0.25, 0.3) is 5.91 Å². The van der Waals surface area contributed by atoms with Crippen LogP contribution in [0.4, 0.5) is 9.18 Å². The third kappa shape index (κ3) is 7.44. The molecule has 2 rings (SSSR count). The van der Waals surface area contributed by atoms with Gasteiger partial charge in [-0.25, -0.2) is 9.18 Å². The molecule has 0 aromatic heterocycles. The molecule has 0 saturated heterocycles. The van der Waals surface area contributed by atoms with E-state index in [1.165, 1.54) is 12.1 Å². The van der Waals surface area contributed by atoms with Crippen molar-refractivity contribution in [3.8, 4) is 5.75 Å². The van der Waals surface area contributed by atoms with E-state index in [0.29, 0.717) is 29.6 Å². The van der Waals surface area contributed by atoms with E-state index in [1.54, 1.807) is 26.8 Å². The maximum atomic E-state index is 13.1. The molecule has 1 aliphatic rings. The summed E-state index contributed by atoms with van der Waals surface area (Å²) in [6, 6.07) is 4.67. The Morgan fingerprint density at radius 1 is 1.37 bits per heavy atom. The number of nitrogens with one attached hydrogen (secondary N) is 1. The predicted molar refractivity (Wildman–Crippen MR) is 107 cm³/mol. The molecule has 1 heterocycles. The molecule has 1 aromatic carbocycles. The summed E-state index contributed by atoms with van der Waals surface area (Å²) in [5, 5.41) is 2.44. The van der Waals surface area contributed by atoms with E-state index < -0.39 is 31.5 Å². The number of amides is 2. The highest BCUT2D eigenvalue weighted by molar-refractivity contribution is 7.51. The van der Waals surface area contributed by atoms with Crippen LogP contribution in [0.15, 0.2) is 30.1 Å². The van der Waals surface area contributed by atoms with Crippen LogP contribution in [0.1, 0.15) is 36.7 Å². The Kier molecular flexibility index (Phi) is 7.63. The fourth-order valence-corrected chi connectivity index (χ4v) is 3.47. The van der Waals surface area contributed by atoms with Crippen LogP contribution in [0, 0.1) is 0 Å². The molecule has 3 N–H and O–H groups in total. The summed E-state index contributed by atoms with van der Waals surface area (Å²) in [5.74, 6) is -0.0568. The van der Waals surface area contributed by atoms with Gasteiger partial charge in [0.05, 0.1) is 6.33 Å². The highest BCUT2D eigenvalue weighted by Gasteiger charge is 2.29. The zero-order valence-corrected chi connectivity index (χ0v) is 17.9. The number of halogens is 1. The van der Waals surface area contributed by atoms with Gasteiger partial charge in [0.1, 0.15) is 24.2 Å². The first-order valence-electron chi connectivity index (χ1n) is 9.22. The number of nitrogens with zero attached hydrogens (tertiary/aromatic N) is 1. The van der Waals surface area contributed by atoms with E-state index in [4.69, 9.17) is 19.3 Å². The van der Waals surface area contributed by atoms with E-state index >= 15 is 0 Å². The minimum Gasteiger partial charge on any atom is -0.489 e. The maximum absolute atomic E-state index is 13.1. The summed E-state index contributed by atoms with van der Waals surface area (Å²) in [4.78, 5) is 43.3. The third-order valence-electron chi connectivity index (χ3n) is 4.04. The van der Waals surface area contributed by atoms with Crippen LogP contribution < -0.4 is 10.1 Å². The first-order valence-corrected chi connectivity index (χ1v) is 11.0. The number of rotatable bonds is 7. The summed E-state index contributed by atoms with van der Waals surface area (Å²) >= 11 is 0. The van der Waals surface area contributed by atoms with E-state index in [0.717, 1.165) is 4.90 Å². The summed E-state index contributed by atoms with van der Waals surface area (Å²) < 4.78 is 34.9. The molecule has 1 aromatic rings. The van der Waals surface area contributed by atoms with Gasteiger partial charge in [-0.3, -0.25) is 9.36 Å². The Balaban J connectivity index is 1.93. The molecule has 11 heteroatoms. The molecule has 0 spiro atoms. The zero-order chi connectivity index (χ0) is 22.5. The van der Waals surface area contributed by atoms with E-state index in [1.807, 2.05) is 0 Å². The second-order valence-corrected chi connectivity index (χ2v) is 9.47. The van der Waals surface area contributed by atoms with Gasteiger partial charge < -0.3 is 29.5 Å². The van der Waals surface area contributed by atoms with Crippen LogP contribution in [0.3, 0.4) is 0 Å². The Morgan fingerprint density at radius 3 is 2.67 bits per heavy atom. The molecule has 0 radical (unpaired) electrons. The number of ether oxygens (including phenoxy) is 2. The number of hydrogen-bond donors (Lipinski definition) is 3. The lowest BCUT2D eigenvalue weighted by Gasteiger charge is -2.28. The highest BCUT2D eigenvalue weighted by Crippen LogP contribution is 2.37. The van der Waals surface area contributed by atoms with Gasteiger partial charge in [-0.2, -0.15) is 0 Å². The smallest absolute Gasteiger partial charge is 0.407 e. The standard InChI is InChI=1S/C19H26FN2O7P/c1-19(2,3)29-18(24)21-10-13(9-20)11-28-15-4-5-16-14(8-15)6-7-22(17(16)23)12-30(25,26)27/h4-5,8-9H,6-7,10-12H2,1-3H3,(H,21,24)(H2,25,26,27)/b13-9+. The van der Waals surface area contributed by atoms with Crippen molar-refractivity contribution in [2.75, 3.05) is 26.0 Å². The van der Waals surface area contributed by atoms with E-state index in [2.05, 4.69) is 5.32 Å². The van der Waals surface area contributed by atoms with Crippen molar-refractivity contribution in [2.24, 2.45) is 0 Å². The number of fused-ring (bicyclic) bond motifs is 1. The molecular weight excluding hydrogens is 418 g/mol. The van der Waals surface area contributed by atoms with Gasteiger partial charge in [-0.1, -0.05) is 0 Å². The zero-order valence-electron chi connectivity index (χ0n) is 17.1. The largest absolute Gasteiger partial charge is 0.489 e. The second-order valence-electron chi connectivity index (χ2n) is 7.86. The minimum absolute atomic E-state index is 0.0911. The molecule has 9 nitrogen and oxygen atoms in total. The minimum atomic E-state index is -4.34. The Bertz CT molecular complexity index is 876. The summed E-state index contributed by atoms with van der Waals surface area (Å²) in [6.45, 7) is 5.11. The lowest BCUT2D eigenvalue weighted by Crippen LogP contribution is -2.38. The molecule has 1 aliphatic heterocycles. The number of benzene rings is 1. The van der Waals surface area contributed by atoms with Crippen molar-refractivity contribution in [3.05, 3.63) is 41.2 Å². The number of carbonyl (C=O) groups excluding carboxylic acids is 2. The molecule has 0 atom stereocenters. The number of carbonyl (C=O) groups is 2. The molecule has 2 amide bonds. The first-order chi connectivity index (χ1) is 13.9. The van der Waals surface area contributed by atoms with Crippen LogP contribution >= 0.6 is 7.60 Å². The van der Waals surface area contributed by atoms with Crippen molar-refractivity contribution >= 4 is 19.6 Å². The normalized spacial score (nSPS) is 14.9. The van der Waals surface area contributed by atoms with Gasteiger partial charge in [0.2, 0.25) is 0 Å². The first kappa shape index (κ1) is 23.9. The van der Waals surface area contributed by atoms with Crippen LogP contribution in [0.2, 0.25) is 0 Å². The third-order valence-corrected chi connectivity index (χ3v) is 4.75. The monoisotopic (exact) mass is 444 g/mol. The van der Waals surface area contributed by atoms with Crippen molar-refractivity contribution < 1.29 is 37.8 Å². The van der Waals surface area contributed by atoms with Gasteiger partial charge in [0.15, 0.2) is 0 Å². The average molecular weight is 444 g/mol. The number of alkyl carbamates (subject to hydrolysis) is 1. The van der Waals surface area contributed by atoms with Crippen LogP contribution in [0.25, 0.3) is 0 Å². The van der Waals surface area contributed by atoms with Gasteiger partial charge in [-0.15, -0.1) is 0 Å². The molecule has 0 saturated carbocycles. The van der Waals surface area contributed by atoms with Crippen LogP contribution in [-0.2, 0) is 15.7 Å². The fourth-order valence-electron chi connectivity index (χ4n) is 2.76. The molecule has 30 heavy (non-hydrogen) atoms. The van der Waals surface area contributed by atoms with E-state index in [9.17, 15) is 18.5 Å². The Hall–Kier alpha value is -2.42. The van der Waals surface area contributed by atoms with Gasteiger partial charge in [0, 0.05) is 24.2 Å². The van der Waals surface area contributed by atoms with Crippen LogP contribution in [0.5, 0.6) is 5.75 Å². The van der Waals surface area contributed by atoms with Gasteiger partial charge >= 0.3 is 13.7 Å². The lowest BCUT2D eigenvalue weighted by atomic mass is 9.99. The SMILES string of the molecule is CC(C)(C)OC(=O)NC/C(=C\F)COc1ccc2c(c1)CCN(CP(=O)(O)O)C2=O. The summed E-state index contributed by atoms with van der Waals surface area (Å²) in [5.41, 5.74) is 0.538. The fraction of sp³-hybridized carbons (Fsp3) is 0.474. The summed E-state index contributed by atoms with van der Waals surface area (Å²) in [7, 11) is -4.34. The summed E-state index contributed by atoms with van der Waals surface area (Å²) in [6.07, 6.45) is -0.545. The quantitative estimate of drug-likeness (QED) is 0.552. The predicted octanol–water partition coefficient (Wildman–Crippen LogP) is 2.58. The second kappa shape index (κ2) is 9.59. The van der Waals surface area contributed by atoms with Crippen LogP contribution in [-0.4, -0.2) is 58.3 Å². The van der Waals surface area contributed by atoms with Crippen molar-refractivity contribution in [2.45, 2.75) is 32.8 Å². The lowest BCUT2D eigenvalue weighted by molar-refractivity contribution is 0.0531. The molecular formula is C19H26FN2O7P. The Labute approximate surface area is 174 Å². The topological polar surface area (TPSA) is 125 Å². The highest BCUT2D eigenvalue weighted by atomic mass is 31.2. The molecule has 0 bridgehead atoms. The van der Waals surface area contributed by atoms with Gasteiger partial charge in [-0.05, 0) is 51.0 Å². The number of hydrogen-bond acceptors (Lipinski definition) is 5. The maximum Gasteiger partial charge on any atom is 0.407 e. The van der Waals surface area contributed by atoms with Crippen molar-refractivity contribution in [1.82, 2.24) is 10.2 Å². The molecule has 0 fully saturated rings. The Morgan fingerprint density at radius 2 is 2.07 bits per heavy atom.